The van der Waals surface area contributed by atoms with Gasteiger partial charge < -0.3 is 20.1 Å². The third kappa shape index (κ3) is 8.11. The Bertz CT molecular complexity index is 1470. The van der Waals surface area contributed by atoms with Crippen molar-refractivity contribution in [2.75, 3.05) is 26.8 Å². The molecule has 1 aromatic heterocycles. The minimum absolute atomic E-state index is 0.0829. The topological polar surface area (TPSA) is 170 Å². The highest BCUT2D eigenvalue weighted by atomic mass is 32.2. The van der Waals surface area contributed by atoms with Gasteiger partial charge in [-0.3, -0.25) is 24.2 Å². The summed E-state index contributed by atoms with van der Waals surface area (Å²) in [6, 6.07) is 15.0. The first-order valence-electron chi connectivity index (χ1n) is 12.1. The van der Waals surface area contributed by atoms with Crippen molar-refractivity contribution in [2.45, 2.75) is 18.2 Å². The van der Waals surface area contributed by atoms with Crippen LogP contribution in [0.15, 0.2) is 71.8 Å². The summed E-state index contributed by atoms with van der Waals surface area (Å²) in [4.78, 5) is 52.0. The van der Waals surface area contributed by atoms with Gasteiger partial charge in [-0.15, -0.1) is 0 Å². The Morgan fingerprint density at radius 1 is 0.850 bits per heavy atom. The van der Waals surface area contributed by atoms with Crippen molar-refractivity contribution < 1.29 is 37.1 Å². The van der Waals surface area contributed by atoms with Gasteiger partial charge >= 0.3 is 5.97 Å². The number of hydrogen-bond donors (Lipinski definition) is 3. The average molecular weight is 569 g/mol. The molecule has 0 fully saturated rings. The van der Waals surface area contributed by atoms with Crippen molar-refractivity contribution in [1.29, 1.82) is 0 Å². The summed E-state index contributed by atoms with van der Waals surface area (Å²) in [6.45, 7) is 1.80. The van der Waals surface area contributed by atoms with E-state index in [0.717, 1.165) is 17.5 Å². The first-order valence-corrected chi connectivity index (χ1v) is 13.6. The van der Waals surface area contributed by atoms with Crippen molar-refractivity contribution in [3.05, 3.63) is 89.2 Å². The Morgan fingerprint density at radius 2 is 1.55 bits per heavy atom. The zero-order valence-corrected chi connectivity index (χ0v) is 22.6. The van der Waals surface area contributed by atoms with Gasteiger partial charge in [-0.2, -0.15) is 0 Å². The second kappa shape index (κ2) is 13.8. The fraction of sp³-hybridized carbons (Fsp3) is 0.222. The van der Waals surface area contributed by atoms with Crippen LogP contribution in [0.4, 0.5) is 0 Å². The van der Waals surface area contributed by atoms with E-state index in [1.165, 1.54) is 36.4 Å². The van der Waals surface area contributed by atoms with Crippen LogP contribution in [0.1, 0.15) is 43.7 Å². The molecule has 0 unspecified atom stereocenters. The molecule has 0 atom stereocenters. The molecule has 0 aliphatic rings. The molecule has 0 aliphatic heterocycles. The van der Waals surface area contributed by atoms with Crippen LogP contribution >= 0.6 is 0 Å². The number of nitrogens with one attached hydrogen (secondary N) is 3. The van der Waals surface area contributed by atoms with E-state index in [-0.39, 0.29) is 40.8 Å². The summed E-state index contributed by atoms with van der Waals surface area (Å²) in [5.74, 6) is -1.92. The molecule has 3 rings (SSSR count). The molecule has 2 aromatic carbocycles. The maximum atomic E-state index is 12.7. The number of benzene rings is 2. The van der Waals surface area contributed by atoms with E-state index in [2.05, 4.69) is 15.6 Å². The molecule has 3 amide bonds. The van der Waals surface area contributed by atoms with Gasteiger partial charge in [-0.05, 0) is 61.4 Å². The van der Waals surface area contributed by atoms with E-state index < -0.39 is 27.8 Å². The standard InChI is InChI=1S/C27H28N4O8S/c1-3-39-24(32)17-30-27(35)22-13-10-20(16-29-22)26(34)31-40(36,37)21-11-8-19(9-12-21)25(33)28-15-14-18-6-4-5-7-23(18)38-2/h4-13,16H,3,14-15,17H2,1-2H3,(H,28,33)(H,30,35)(H,31,34). The highest BCUT2D eigenvalue weighted by molar-refractivity contribution is 7.90. The summed E-state index contributed by atoms with van der Waals surface area (Å²) in [6.07, 6.45) is 1.57. The van der Waals surface area contributed by atoms with Crippen LogP contribution in [0.3, 0.4) is 0 Å². The Labute approximate surface area is 231 Å². The molecule has 0 saturated heterocycles. The van der Waals surface area contributed by atoms with Crippen LogP contribution in [-0.4, -0.2) is 63.9 Å². The normalized spacial score (nSPS) is 10.8. The predicted octanol–water partition coefficient (Wildman–Crippen LogP) is 1.47. The molecule has 1 heterocycles. The second-order valence-corrected chi connectivity index (χ2v) is 9.88. The number of aromatic nitrogens is 1. The summed E-state index contributed by atoms with van der Waals surface area (Å²) in [7, 11) is -2.69. The second-order valence-electron chi connectivity index (χ2n) is 8.20. The predicted molar refractivity (Wildman–Crippen MR) is 143 cm³/mol. The number of pyridine rings is 1. The number of carbonyl (C=O) groups excluding carboxylic acids is 4. The van der Waals surface area contributed by atoms with E-state index in [1.807, 2.05) is 29.0 Å². The number of ether oxygens (including phenoxy) is 2. The highest BCUT2D eigenvalue weighted by Gasteiger charge is 2.20. The van der Waals surface area contributed by atoms with Gasteiger partial charge in [0.25, 0.3) is 27.7 Å². The number of esters is 1. The van der Waals surface area contributed by atoms with Gasteiger partial charge in [0.1, 0.15) is 18.0 Å². The number of para-hydroxylation sites is 1. The van der Waals surface area contributed by atoms with Crippen LogP contribution in [0.5, 0.6) is 5.75 Å². The molecule has 0 aliphatic carbocycles. The quantitative estimate of drug-likeness (QED) is 0.274. The highest BCUT2D eigenvalue weighted by Crippen LogP contribution is 2.17. The third-order valence-corrected chi connectivity index (χ3v) is 6.83. The lowest BCUT2D eigenvalue weighted by Gasteiger charge is -2.10. The molecule has 3 N–H and O–H groups in total. The van der Waals surface area contributed by atoms with Gasteiger partial charge in [0.05, 0.1) is 24.2 Å². The van der Waals surface area contributed by atoms with Crippen LogP contribution in [0.25, 0.3) is 0 Å². The lowest BCUT2D eigenvalue weighted by atomic mass is 10.1. The zero-order valence-electron chi connectivity index (χ0n) is 21.8. The van der Waals surface area contributed by atoms with E-state index in [1.54, 1.807) is 14.0 Å². The average Bonchev–Trinajstić information content (AvgIpc) is 2.96. The van der Waals surface area contributed by atoms with E-state index in [0.29, 0.717) is 13.0 Å². The Hall–Kier alpha value is -4.78. The molecule has 3 aromatic rings. The first-order chi connectivity index (χ1) is 19.1. The van der Waals surface area contributed by atoms with Crippen LogP contribution in [0, 0.1) is 0 Å². The third-order valence-electron chi connectivity index (χ3n) is 5.48. The summed E-state index contributed by atoms with van der Waals surface area (Å²) in [5.41, 5.74) is 0.980. The number of sulfonamides is 1. The number of hydrogen-bond acceptors (Lipinski definition) is 9. The number of amides is 3. The van der Waals surface area contributed by atoms with Gasteiger partial charge in [0, 0.05) is 18.3 Å². The molecule has 40 heavy (non-hydrogen) atoms. The van der Waals surface area contributed by atoms with Gasteiger partial charge in [0.2, 0.25) is 0 Å². The number of rotatable bonds is 12. The first kappa shape index (κ1) is 29.8. The smallest absolute Gasteiger partial charge is 0.325 e. The number of carbonyl (C=O) groups is 4. The maximum Gasteiger partial charge on any atom is 0.325 e. The van der Waals surface area contributed by atoms with E-state index >= 15 is 0 Å². The van der Waals surface area contributed by atoms with Crippen molar-refractivity contribution in [3.8, 4) is 5.75 Å². The van der Waals surface area contributed by atoms with Crippen LogP contribution in [0.2, 0.25) is 0 Å². The number of methoxy groups -OCH3 is 1. The molecule has 12 nitrogen and oxygen atoms in total. The minimum Gasteiger partial charge on any atom is -0.496 e. The summed E-state index contributed by atoms with van der Waals surface area (Å²) in [5, 5.41) is 5.09. The summed E-state index contributed by atoms with van der Waals surface area (Å²) >= 11 is 0. The number of nitrogens with zero attached hydrogens (tertiary/aromatic N) is 1. The van der Waals surface area contributed by atoms with Crippen LogP contribution < -0.4 is 20.1 Å². The molecule has 0 bridgehead atoms. The van der Waals surface area contributed by atoms with Crippen molar-refractivity contribution in [2.24, 2.45) is 0 Å². The molecular formula is C27H28N4O8S. The lowest BCUT2D eigenvalue weighted by molar-refractivity contribution is -0.141. The molecule has 13 heteroatoms. The lowest BCUT2D eigenvalue weighted by Crippen LogP contribution is -2.32. The van der Waals surface area contributed by atoms with Crippen molar-refractivity contribution in [3.63, 3.8) is 0 Å². The van der Waals surface area contributed by atoms with Crippen molar-refractivity contribution in [1.82, 2.24) is 20.3 Å². The Balaban J connectivity index is 1.55. The molecule has 0 spiro atoms. The molecule has 0 radical (unpaired) electrons. The van der Waals surface area contributed by atoms with Gasteiger partial charge in [0.15, 0.2) is 0 Å². The molecular weight excluding hydrogens is 540 g/mol. The van der Waals surface area contributed by atoms with Gasteiger partial charge in [-0.25, -0.2) is 13.1 Å². The summed E-state index contributed by atoms with van der Waals surface area (Å²) < 4.78 is 37.3. The largest absolute Gasteiger partial charge is 0.496 e. The maximum absolute atomic E-state index is 12.7. The Morgan fingerprint density at radius 3 is 2.20 bits per heavy atom. The SMILES string of the molecule is CCOC(=O)CNC(=O)c1ccc(C(=O)NS(=O)(=O)c2ccc(C(=O)NCCc3ccccc3OC)cc2)cn1. The van der Waals surface area contributed by atoms with E-state index in [9.17, 15) is 27.6 Å². The van der Waals surface area contributed by atoms with Crippen molar-refractivity contribution >= 4 is 33.7 Å². The fourth-order valence-electron chi connectivity index (χ4n) is 3.47. The fourth-order valence-corrected chi connectivity index (χ4v) is 4.44. The Kier molecular flexibility index (Phi) is 10.3. The monoisotopic (exact) mass is 568 g/mol. The van der Waals surface area contributed by atoms with E-state index in [4.69, 9.17) is 9.47 Å². The molecule has 210 valence electrons. The van der Waals surface area contributed by atoms with Gasteiger partial charge in [-0.1, -0.05) is 18.2 Å². The minimum atomic E-state index is -4.26. The zero-order chi connectivity index (χ0) is 29.1. The molecule has 0 saturated carbocycles. The van der Waals surface area contributed by atoms with Crippen LogP contribution in [-0.2, 0) is 26.0 Å².